The van der Waals surface area contributed by atoms with Crippen LogP contribution in [0.15, 0.2) is 79.0 Å². The van der Waals surface area contributed by atoms with Crippen molar-refractivity contribution in [2.24, 2.45) is 11.8 Å². The summed E-state index contributed by atoms with van der Waals surface area (Å²) < 4.78 is 14.0. The summed E-state index contributed by atoms with van der Waals surface area (Å²) in [4.78, 5) is 54.7. The Balaban J connectivity index is 1.50. The van der Waals surface area contributed by atoms with Gasteiger partial charge >= 0.3 is 0 Å². The number of carbonyl (C=O) groups is 3. The lowest BCUT2D eigenvalue weighted by Gasteiger charge is -2.35. The Morgan fingerprint density at radius 3 is 2.44 bits per heavy atom. The van der Waals surface area contributed by atoms with E-state index in [-0.39, 0.29) is 16.9 Å². The summed E-state index contributed by atoms with van der Waals surface area (Å²) in [5.41, 5.74) is 1.59. The Kier molecular flexibility index (Phi) is 4.82. The Morgan fingerprint density at radius 1 is 0.917 bits per heavy atom. The quantitative estimate of drug-likeness (QED) is 0.239. The molecule has 3 aliphatic heterocycles. The van der Waals surface area contributed by atoms with Crippen LogP contribution in [0.2, 0.25) is 0 Å². The second kappa shape index (κ2) is 7.94. The minimum absolute atomic E-state index is 0.0744. The zero-order chi connectivity index (χ0) is 25.1. The van der Waals surface area contributed by atoms with Gasteiger partial charge in [-0.2, -0.15) is 0 Å². The topological polar surface area (TPSA) is 101 Å². The number of carbonyl (C=O) groups excluding carboxylic acids is 3. The van der Waals surface area contributed by atoms with Crippen LogP contribution in [0.25, 0.3) is 6.08 Å². The van der Waals surface area contributed by atoms with Crippen molar-refractivity contribution in [2.45, 2.75) is 12.1 Å². The molecule has 2 fully saturated rings. The van der Waals surface area contributed by atoms with Crippen molar-refractivity contribution in [1.82, 2.24) is 4.90 Å². The van der Waals surface area contributed by atoms with E-state index in [2.05, 4.69) is 0 Å². The van der Waals surface area contributed by atoms with Gasteiger partial charge in [-0.05, 0) is 35.4 Å². The molecule has 3 aliphatic rings. The zero-order valence-corrected chi connectivity index (χ0v) is 18.7. The van der Waals surface area contributed by atoms with E-state index in [1.54, 1.807) is 11.1 Å². The molecule has 2 amide bonds. The third kappa shape index (κ3) is 3.09. The van der Waals surface area contributed by atoms with Crippen LogP contribution in [0.1, 0.15) is 27.5 Å². The SMILES string of the molecule is O=C(c1cccc([N+](=O)[O-])c1)[C@H]1[C@H]2C(=O)N(c3cccc(F)c3)C(=O)[C@@H]2[C@@H]2c3ccccc3C=CN12. The van der Waals surface area contributed by atoms with Crippen molar-refractivity contribution in [3.63, 3.8) is 0 Å². The Hall–Kier alpha value is -4.66. The van der Waals surface area contributed by atoms with Crippen molar-refractivity contribution in [1.29, 1.82) is 0 Å². The summed E-state index contributed by atoms with van der Waals surface area (Å²) >= 11 is 0. The van der Waals surface area contributed by atoms with Gasteiger partial charge in [-0.1, -0.05) is 42.5 Å². The van der Waals surface area contributed by atoms with Crippen LogP contribution in [0, 0.1) is 27.8 Å². The number of hydrogen-bond acceptors (Lipinski definition) is 6. The Labute approximate surface area is 204 Å². The van der Waals surface area contributed by atoms with Gasteiger partial charge in [0, 0.05) is 23.9 Å². The maximum Gasteiger partial charge on any atom is 0.270 e. The van der Waals surface area contributed by atoms with Crippen LogP contribution in [-0.2, 0) is 9.59 Å². The standard InChI is InChI=1S/C27H18FN3O5/c28-17-7-4-8-18(14-17)30-26(33)21-22(27(30)34)24(25(32)16-6-3-9-19(13-16)31(35)36)29-12-11-15-5-1-2-10-20(15)23(21)29/h1-14,21-24H/t21-,22-,23-,24+/m0/s1. The highest BCUT2D eigenvalue weighted by Crippen LogP contribution is 2.53. The number of halogens is 1. The molecule has 36 heavy (non-hydrogen) atoms. The molecule has 0 aromatic heterocycles. The number of nitro groups is 1. The van der Waals surface area contributed by atoms with E-state index < -0.39 is 52.3 Å². The molecule has 0 radical (unpaired) electrons. The van der Waals surface area contributed by atoms with Crippen molar-refractivity contribution in [3.8, 4) is 0 Å². The molecule has 8 nitrogen and oxygen atoms in total. The van der Waals surface area contributed by atoms with Gasteiger partial charge in [-0.3, -0.25) is 24.5 Å². The average molecular weight is 483 g/mol. The van der Waals surface area contributed by atoms with Crippen LogP contribution in [0.3, 0.4) is 0 Å². The molecule has 2 saturated heterocycles. The minimum Gasteiger partial charge on any atom is -0.358 e. The predicted octanol–water partition coefficient (Wildman–Crippen LogP) is 4.13. The number of benzene rings is 3. The van der Waals surface area contributed by atoms with E-state index in [0.29, 0.717) is 0 Å². The molecular weight excluding hydrogens is 465 g/mol. The molecule has 178 valence electrons. The van der Waals surface area contributed by atoms with Gasteiger partial charge in [0.05, 0.1) is 28.5 Å². The third-order valence-electron chi connectivity index (χ3n) is 7.14. The lowest BCUT2D eigenvalue weighted by molar-refractivity contribution is -0.384. The highest BCUT2D eigenvalue weighted by Gasteiger charge is 2.64. The summed E-state index contributed by atoms with van der Waals surface area (Å²) in [5.74, 6) is -4.14. The molecule has 0 N–H and O–H groups in total. The van der Waals surface area contributed by atoms with Gasteiger partial charge < -0.3 is 4.90 Å². The first-order valence-electron chi connectivity index (χ1n) is 11.3. The van der Waals surface area contributed by atoms with E-state index >= 15 is 0 Å². The Morgan fingerprint density at radius 2 is 1.67 bits per heavy atom. The van der Waals surface area contributed by atoms with Crippen molar-refractivity contribution >= 4 is 35.0 Å². The first-order valence-corrected chi connectivity index (χ1v) is 11.3. The number of non-ortho nitro benzene ring substituents is 1. The van der Waals surface area contributed by atoms with Crippen molar-refractivity contribution in [2.75, 3.05) is 4.90 Å². The van der Waals surface area contributed by atoms with Gasteiger partial charge in [-0.15, -0.1) is 0 Å². The number of ketones is 1. The molecular formula is C27H18FN3O5. The largest absolute Gasteiger partial charge is 0.358 e. The van der Waals surface area contributed by atoms with Gasteiger partial charge in [-0.25, -0.2) is 9.29 Å². The maximum atomic E-state index is 14.0. The number of Topliss-reactive ketones (excluding diaryl/α,β-unsaturated/α-hetero) is 1. The maximum absolute atomic E-state index is 14.0. The minimum atomic E-state index is -1.07. The fourth-order valence-corrected chi connectivity index (χ4v) is 5.67. The molecule has 4 atom stereocenters. The number of amides is 2. The molecule has 0 bridgehead atoms. The highest BCUT2D eigenvalue weighted by atomic mass is 19.1. The van der Waals surface area contributed by atoms with Crippen LogP contribution >= 0.6 is 0 Å². The molecule has 3 heterocycles. The van der Waals surface area contributed by atoms with E-state index in [1.807, 2.05) is 30.3 Å². The average Bonchev–Trinajstić information content (AvgIpc) is 3.36. The summed E-state index contributed by atoms with van der Waals surface area (Å²) in [6.45, 7) is 0. The molecule has 6 rings (SSSR count). The second-order valence-electron chi connectivity index (χ2n) is 9.00. The first-order chi connectivity index (χ1) is 17.4. The van der Waals surface area contributed by atoms with Gasteiger partial charge in [0.25, 0.3) is 5.69 Å². The van der Waals surface area contributed by atoms with Gasteiger partial charge in [0.15, 0.2) is 5.78 Å². The number of anilines is 1. The van der Waals surface area contributed by atoms with E-state index in [0.717, 1.165) is 22.1 Å². The predicted molar refractivity (Wildman–Crippen MR) is 127 cm³/mol. The number of hydrogen-bond donors (Lipinski definition) is 0. The number of fused-ring (bicyclic) bond motifs is 5. The second-order valence-corrected chi connectivity index (χ2v) is 9.00. The molecule has 3 aromatic carbocycles. The van der Waals surface area contributed by atoms with Crippen LogP contribution in [-0.4, -0.2) is 33.5 Å². The first kappa shape index (κ1) is 21.8. The molecule has 3 aromatic rings. The molecule has 0 spiro atoms. The molecule has 0 unspecified atom stereocenters. The van der Waals surface area contributed by atoms with E-state index in [9.17, 15) is 28.9 Å². The smallest absolute Gasteiger partial charge is 0.270 e. The highest BCUT2D eigenvalue weighted by molar-refractivity contribution is 6.24. The number of rotatable bonds is 4. The van der Waals surface area contributed by atoms with Gasteiger partial charge in [0.2, 0.25) is 11.8 Å². The summed E-state index contributed by atoms with van der Waals surface area (Å²) in [5, 5.41) is 11.3. The fraction of sp³-hybridized carbons (Fsp3) is 0.148. The molecule has 0 saturated carbocycles. The van der Waals surface area contributed by atoms with Gasteiger partial charge in [0.1, 0.15) is 11.9 Å². The lowest BCUT2D eigenvalue weighted by Crippen LogP contribution is -2.44. The van der Waals surface area contributed by atoms with Crippen LogP contribution < -0.4 is 4.90 Å². The summed E-state index contributed by atoms with van der Waals surface area (Å²) in [6.07, 6.45) is 3.53. The van der Waals surface area contributed by atoms with Crippen LogP contribution in [0.5, 0.6) is 0 Å². The Bertz CT molecular complexity index is 1500. The number of nitro benzene ring substituents is 1. The van der Waals surface area contributed by atoms with E-state index in [4.69, 9.17) is 0 Å². The normalized spacial score (nSPS) is 23.9. The zero-order valence-electron chi connectivity index (χ0n) is 18.7. The lowest BCUT2D eigenvalue weighted by atomic mass is 9.83. The van der Waals surface area contributed by atoms with E-state index in [1.165, 1.54) is 42.5 Å². The monoisotopic (exact) mass is 483 g/mol. The van der Waals surface area contributed by atoms with Crippen LogP contribution in [0.4, 0.5) is 15.8 Å². The summed E-state index contributed by atoms with van der Waals surface area (Å²) in [6, 6.07) is 16.3. The number of nitrogens with zero attached hydrogens (tertiary/aromatic N) is 3. The van der Waals surface area contributed by atoms with Crippen molar-refractivity contribution < 1.29 is 23.7 Å². The fourth-order valence-electron chi connectivity index (χ4n) is 5.67. The van der Waals surface area contributed by atoms with Crippen molar-refractivity contribution in [3.05, 3.63) is 112 Å². The third-order valence-corrected chi connectivity index (χ3v) is 7.14. The number of imide groups is 1. The summed E-state index contributed by atoms with van der Waals surface area (Å²) in [7, 11) is 0. The molecule has 9 heteroatoms. The molecule has 0 aliphatic carbocycles.